The zero-order valence-electron chi connectivity index (χ0n) is 30.2. The quantitative estimate of drug-likeness (QED) is 0.106. The summed E-state index contributed by atoms with van der Waals surface area (Å²) in [4.78, 5) is 4.70. The summed E-state index contributed by atoms with van der Waals surface area (Å²) in [5.41, 5.74) is 2.40. The van der Waals surface area contributed by atoms with Crippen LogP contribution in [0.2, 0.25) is 0 Å². The zero-order valence-corrected chi connectivity index (χ0v) is 33.2. The van der Waals surface area contributed by atoms with Gasteiger partial charge in [0.05, 0.1) is 62.4 Å². The van der Waals surface area contributed by atoms with Gasteiger partial charge in [0.25, 0.3) is 0 Å². The van der Waals surface area contributed by atoms with Crippen LogP contribution in [-0.2, 0) is 19.3 Å². The fourth-order valence-corrected chi connectivity index (χ4v) is 8.74. The van der Waals surface area contributed by atoms with Crippen LogP contribution < -0.4 is 38.5 Å². The maximum Gasteiger partial charge on any atom is 0.181 e. The maximum atomic E-state index is 14.0. The molecule has 1 heterocycles. The van der Waals surface area contributed by atoms with Crippen LogP contribution in [-0.4, -0.2) is 98.5 Å². The van der Waals surface area contributed by atoms with Crippen LogP contribution in [0.4, 0.5) is 17.1 Å². The number of sulfone groups is 1. The summed E-state index contributed by atoms with van der Waals surface area (Å²) in [6.45, 7) is 19.1. The molecule has 47 heavy (non-hydrogen) atoms. The van der Waals surface area contributed by atoms with Gasteiger partial charge in [0, 0.05) is 37.4 Å². The van der Waals surface area contributed by atoms with Crippen molar-refractivity contribution in [1.82, 2.24) is 0 Å². The molecule has 0 fully saturated rings. The third kappa shape index (κ3) is 11.8. The van der Waals surface area contributed by atoms with Crippen molar-refractivity contribution in [2.75, 3.05) is 95.4 Å². The molecule has 1 aliphatic heterocycles. The smallest absolute Gasteiger partial charge is 0.181 e. The Morgan fingerprint density at radius 2 is 1.38 bits per heavy atom. The molecule has 0 aliphatic carbocycles. The van der Waals surface area contributed by atoms with Gasteiger partial charge in [0.15, 0.2) is 9.84 Å². The zero-order chi connectivity index (χ0) is 33.6. The first-order valence-electron chi connectivity index (χ1n) is 17.6. The van der Waals surface area contributed by atoms with E-state index in [1.807, 2.05) is 43.3 Å². The van der Waals surface area contributed by atoms with Crippen LogP contribution in [0, 0.1) is 5.41 Å². The van der Waals surface area contributed by atoms with Crippen molar-refractivity contribution in [3.8, 4) is 5.75 Å². The lowest BCUT2D eigenvalue weighted by Crippen LogP contribution is -3.00. The second-order valence-corrected chi connectivity index (χ2v) is 15.1. The van der Waals surface area contributed by atoms with Crippen molar-refractivity contribution in [2.24, 2.45) is 5.41 Å². The normalized spacial score (nSPS) is 15.4. The number of benzene rings is 2. The molecule has 0 atom stereocenters. The molecular formula is C37H62IN3O5S. The topological polar surface area (TPSA) is 68.3 Å². The number of rotatable bonds is 21. The van der Waals surface area contributed by atoms with Gasteiger partial charge in [-0.3, -0.25) is 0 Å². The average molecular weight is 788 g/mol. The average Bonchev–Trinajstić information content (AvgIpc) is 3.16. The molecule has 0 N–H and O–H groups in total. The highest BCUT2D eigenvalue weighted by atomic mass is 127. The largest absolute Gasteiger partial charge is 1.00 e. The number of hydrogen-bond donors (Lipinski definition) is 0. The summed E-state index contributed by atoms with van der Waals surface area (Å²) >= 11 is 0. The van der Waals surface area contributed by atoms with Crippen molar-refractivity contribution >= 4 is 26.9 Å². The van der Waals surface area contributed by atoms with Crippen LogP contribution in [0.25, 0.3) is 0 Å². The molecule has 2 aromatic rings. The van der Waals surface area contributed by atoms with Crippen molar-refractivity contribution in [1.29, 1.82) is 0 Å². The summed E-state index contributed by atoms with van der Waals surface area (Å²) in [6.07, 6.45) is 5.93. The molecule has 0 radical (unpaired) electrons. The summed E-state index contributed by atoms with van der Waals surface area (Å²) in [5.74, 6) is 0.956. The Labute approximate surface area is 303 Å². The second-order valence-electron chi connectivity index (χ2n) is 13.2. The van der Waals surface area contributed by atoms with Gasteiger partial charge >= 0.3 is 0 Å². The first-order valence-corrected chi connectivity index (χ1v) is 19.3. The van der Waals surface area contributed by atoms with Crippen molar-refractivity contribution in [2.45, 2.75) is 78.0 Å². The Hall–Kier alpha value is -1.60. The molecule has 1 aliphatic rings. The van der Waals surface area contributed by atoms with Crippen LogP contribution in [0.1, 0.15) is 73.1 Å². The fourth-order valence-electron chi connectivity index (χ4n) is 6.63. The Balaban J connectivity index is 0.00000768. The first kappa shape index (κ1) is 41.6. The lowest BCUT2D eigenvalue weighted by molar-refractivity contribution is -0.923. The van der Waals surface area contributed by atoms with Crippen molar-refractivity contribution < 1.29 is 51.1 Å². The number of unbranched alkanes of at least 4 members (excludes halogenated alkanes) is 2. The van der Waals surface area contributed by atoms with Gasteiger partial charge in [-0.15, -0.1) is 0 Å². The van der Waals surface area contributed by atoms with Crippen LogP contribution in [0.3, 0.4) is 0 Å². The minimum absolute atomic E-state index is 0. The van der Waals surface area contributed by atoms with Crippen LogP contribution in [0.5, 0.6) is 5.75 Å². The van der Waals surface area contributed by atoms with E-state index in [0.717, 1.165) is 98.6 Å². The minimum Gasteiger partial charge on any atom is -1.00 e. The van der Waals surface area contributed by atoms with E-state index in [9.17, 15) is 8.42 Å². The second kappa shape index (κ2) is 20.2. The van der Waals surface area contributed by atoms with E-state index in [1.54, 1.807) is 6.07 Å². The van der Waals surface area contributed by atoms with E-state index in [4.69, 9.17) is 14.2 Å². The van der Waals surface area contributed by atoms with Crippen molar-refractivity contribution in [3.05, 3.63) is 42.5 Å². The SMILES string of the molecule is CCCCC1(CCCC)CN(c2ccc(OCCOCCOCC[N+](CC)(CC)CC)cc2)c2cc(N(C)C)ccc2S(=O)(=O)C1.[I-]. The molecule has 0 aromatic heterocycles. The predicted octanol–water partition coefficient (Wildman–Crippen LogP) is 4.34. The molecule has 3 rings (SSSR count). The van der Waals surface area contributed by atoms with Gasteiger partial charge in [0.2, 0.25) is 0 Å². The first-order chi connectivity index (χ1) is 22.1. The van der Waals surface area contributed by atoms with Gasteiger partial charge in [-0.25, -0.2) is 8.42 Å². The van der Waals surface area contributed by atoms with Crippen LogP contribution >= 0.6 is 0 Å². The van der Waals surface area contributed by atoms with Gasteiger partial charge in [0.1, 0.15) is 18.9 Å². The van der Waals surface area contributed by atoms with E-state index >= 15 is 0 Å². The lowest BCUT2D eigenvalue weighted by Gasteiger charge is -2.37. The minimum atomic E-state index is -3.48. The third-order valence-corrected chi connectivity index (χ3v) is 11.9. The summed E-state index contributed by atoms with van der Waals surface area (Å²) in [6, 6.07) is 13.8. The summed E-state index contributed by atoms with van der Waals surface area (Å²) < 4.78 is 46.6. The Bertz CT molecular complexity index is 1270. The molecule has 8 nitrogen and oxygen atoms in total. The van der Waals surface area contributed by atoms with Gasteiger partial charge in [-0.2, -0.15) is 0 Å². The maximum absolute atomic E-state index is 14.0. The fraction of sp³-hybridized carbons (Fsp3) is 0.676. The Kier molecular flexibility index (Phi) is 17.8. The molecule has 0 bridgehead atoms. The Morgan fingerprint density at radius 1 is 0.809 bits per heavy atom. The summed E-state index contributed by atoms with van der Waals surface area (Å²) in [5, 5.41) is 0. The number of halogens is 1. The number of likely N-dealkylation sites (N-methyl/N-ethyl adjacent to an activating group) is 1. The number of ether oxygens (including phenoxy) is 3. The summed E-state index contributed by atoms with van der Waals surface area (Å²) in [7, 11) is 0.495. The van der Waals surface area contributed by atoms with Gasteiger partial charge < -0.3 is 52.5 Å². The highest BCUT2D eigenvalue weighted by molar-refractivity contribution is 7.91. The van der Waals surface area contributed by atoms with E-state index in [0.29, 0.717) is 37.9 Å². The molecule has 0 amide bonds. The molecule has 268 valence electrons. The molecule has 0 saturated heterocycles. The highest BCUT2D eigenvalue weighted by Crippen LogP contribution is 2.46. The van der Waals surface area contributed by atoms with E-state index < -0.39 is 9.84 Å². The molecule has 0 spiro atoms. The standard InChI is InChI=1S/C37H62N3O5S.HI/c1-8-13-21-37(22-14-9-2)30-39(35-29-33(38(6)7)17-20-36(35)46(41,42)31-37)32-15-18-34(19-16-32)45-28-27-44-26-25-43-24-23-40(10-3,11-4)12-5;/h15-20,29H,8-14,21-28,30-31H2,1-7H3;1H/q+1;/p-1. The molecule has 0 saturated carbocycles. The molecular weight excluding hydrogens is 725 g/mol. The number of nitrogens with zero attached hydrogens (tertiary/aromatic N) is 3. The van der Waals surface area contributed by atoms with Crippen molar-refractivity contribution in [3.63, 3.8) is 0 Å². The van der Waals surface area contributed by atoms with Gasteiger partial charge in [-0.05, 0) is 76.1 Å². The number of anilines is 3. The Morgan fingerprint density at radius 3 is 1.94 bits per heavy atom. The van der Waals surface area contributed by atoms with E-state index in [2.05, 4.69) is 51.7 Å². The number of hydrogen-bond acceptors (Lipinski definition) is 7. The van der Waals surface area contributed by atoms with Gasteiger partial charge in [-0.1, -0.05) is 39.5 Å². The van der Waals surface area contributed by atoms with E-state index in [-0.39, 0.29) is 35.1 Å². The lowest BCUT2D eigenvalue weighted by atomic mass is 9.79. The third-order valence-electron chi connectivity index (χ3n) is 9.94. The monoisotopic (exact) mass is 787 g/mol. The highest BCUT2D eigenvalue weighted by Gasteiger charge is 2.42. The number of fused-ring (bicyclic) bond motifs is 1. The number of quaternary nitrogens is 1. The molecule has 10 heteroatoms. The predicted molar refractivity (Wildman–Crippen MR) is 192 cm³/mol. The molecule has 2 aromatic carbocycles. The molecule has 0 unspecified atom stereocenters. The van der Waals surface area contributed by atoms with Crippen LogP contribution in [0.15, 0.2) is 47.4 Å². The van der Waals surface area contributed by atoms with E-state index in [1.165, 1.54) is 0 Å².